The summed E-state index contributed by atoms with van der Waals surface area (Å²) in [6.45, 7) is 5.93. The molecule has 1 aromatic heterocycles. The SMILES string of the molecule is Cc1nc(C)c(C(C)Nc2ccc(F)cc2C#N)s1. The Bertz CT molecular complexity index is 643. The Morgan fingerprint density at radius 1 is 1.42 bits per heavy atom. The minimum atomic E-state index is -0.403. The van der Waals surface area contributed by atoms with Crippen LogP contribution in [0.4, 0.5) is 10.1 Å². The fourth-order valence-corrected chi connectivity index (χ4v) is 2.91. The Hall–Kier alpha value is -1.93. The van der Waals surface area contributed by atoms with Crippen molar-refractivity contribution in [2.45, 2.75) is 26.8 Å². The molecule has 0 bridgehead atoms. The van der Waals surface area contributed by atoms with Gasteiger partial charge in [-0.25, -0.2) is 9.37 Å². The molecule has 19 heavy (non-hydrogen) atoms. The zero-order chi connectivity index (χ0) is 14.0. The van der Waals surface area contributed by atoms with E-state index in [1.54, 1.807) is 17.4 Å². The van der Waals surface area contributed by atoms with Gasteiger partial charge in [0.25, 0.3) is 0 Å². The maximum Gasteiger partial charge on any atom is 0.124 e. The van der Waals surface area contributed by atoms with Crippen molar-refractivity contribution in [3.63, 3.8) is 0 Å². The molecule has 0 saturated carbocycles. The molecule has 0 saturated heterocycles. The first-order valence-electron chi connectivity index (χ1n) is 5.91. The van der Waals surface area contributed by atoms with Crippen LogP contribution >= 0.6 is 11.3 Å². The average molecular weight is 275 g/mol. The molecular formula is C14H14FN3S. The number of hydrogen-bond acceptors (Lipinski definition) is 4. The van der Waals surface area contributed by atoms with Gasteiger partial charge in [0, 0.05) is 4.88 Å². The molecule has 1 heterocycles. The van der Waals surface area contributed by atoms with Gasteiger partial charge in [0.2, 0.25) is 0 Å². The summed E-state index contributed by atoms with van der Waals surface area (Å²) in [6, 6.07) is 6.20. The molecule has 1 N–H and O–H groups in total. The van der Waals surface area contributed by atoms with Crippen molar-refractivity contribution in [1.82, 2.24) is 4.98 Å². The van der Waals surface area contributed by atoms with E-state index in [9.17, 15) is 4.39 Å². The van der Waals surface area contributed by atoms with E-state index in [0.29, 0.717) is 11.3 Å². The normalized spacial score (nSPS) is 11.9. The van der Waals surface area contributed by atoms with Crippen molar-refractivity contribution in [3.8, 4) is 6.07 Å². The van der Waals surface area contributed by atoms with Crippen molar-refractivity contribution >= 4 is 17.0 Å². The summed E-state index contributed by atoms with van der Waals surface area (Å²) < 4.78 is 13.1. The van der Waals surface area contributed by atoms with E-state index in [1.165, 1.54) is 12.1 Å². The van der Waals surface area contributed by atoms with Gasteiger partial charge in [-0.05, 0) is 39.0 Å². The zero-order valence-corrected chi connectivity index (χ0v) is 11.8. The van der Waals surface area contributed by atoms with Crippen LogP contribution in [0.5, 0.6) is 0 Å². The average Bonchev–Trinajstić information content (AvgIpc) is 2.70. The second kappa shape index (κ2) is 5.37. The van der Waals surface area contributed by atoms with Gasteiger partial charge in [0.05, 0.1) is 28.0 Å². The molecule has 0 aliphatic heterocycles. The molecule has 1 atom stereocenters. The molecule has 1 aromatic carbocycles. The molecule has 2 aromatic rings. The van der Waals surface area contributed by atoms with E-state index in [4.69, 9.17) is 5.26 Å². The largest absolute Gasteiger partial charge is 0.377 e. The van der Waals surface area contributed by atoms with Crippen LogP contribution in [0.1, 0.15) is 34.1 Å². The topological polar surface area (TPSA) is 48.7 Å². The van der Waals surface area contributed by atoms with Gasteiger partial charge in [-0.15, -0.1) is 11.3 Å². The number of nitrogens with zero attached hydrogens (tertiary/aromatic N) is 2. The number of halogens is 1. The van der Waals surface area contributed by atoms with Crippen molar-refractivity contribution < 1.29 is 4.39 Å². The fraction of sp³-hybridized carbons (Fsp3) is 0.286. The minimum absolute atomic E-state index is 0.0313. The number of aromatic nitrogens is 1. The molecule has 98 valence electrons. The van der Waals surface area contributed by atoms with E-state index in [1.807, 2.05) is 26.8 Å². The molecule has 0 spiro atoms. The first kappa shape index (κ1) is 13.5. The van der Waals surface area contributed by atoms with Crippen LogP contribution in [0.15, 0.2) is 18.2 Å². The van der Waals surface area contributed by atoms with Crippen molar-refractivity contribution in [1.29, 1.82) is 5.26 Å². The van der Waals surface area contributed by atoms with Crippen LogP contribution in [-0.4, -0.2) is 4.98 Å². The molecule has 5 heteroatoms. The Morgan fingerprint density at radius 2 is 2.16 bits per heavy atom. The van der Waals surface area contributed by atoms with E-state index in [2.05, 4.69) is 10.3 Å². The highest BCUT2D eigenvalue weighted by molar-refractivity contribution is 7.11. The van der Waals surface area contributed by atoms with Crippen molar-refractivity contribution in [2.24, 2.45) is 0 Å². The van der Waals surface area contributed by atoms with Gasteiger partial charge in [-0.2, -0.15) is 5.26 Å². The van der Waals surface area contributed by atoms with Crippen LogP contribution in [-0.2, 0) is 0 Å². The highest BCUT2D eigenvalue weighted by Crippen LogP contribution is 2.28. The monoisotopic (exact) mass is 275 g/mol. The number of anilines is 1. The summed E-state index contributed by atoms with van der Waals surface area (Å²) in [4.78, 5) is 5.51. The van der Waals surface area contributed by atoms with Crippen LogP contribution in [0.25, 0.3) is 0 Å². The molecule has 1 unspecified atom stereocenters. The summed E-state index contributed by atoms with van der Waals surface area (Å²) in [5.41, 5.74) is 1.94. The Balaban J connectivity index is 2.27. The predicted octanol–water partition coefficient (Wildman–Crippen LogP) is 3.94. The number of benzene rings is 1. The van der Waals surface area contributed by atoms with Gasteiger partial charge in [-0.3, -0.25) is 0 Å². The van der Waals surface area contributed by atoms with Crippen LogP contribution < -0.4 is 5.32 Å². The minimum Gasteiger partial charge on any atom is -0.377 e. The smallest absolute Gasteiger partial charge is 0.124 e. The molecule has 3 nitrogen and oxygen atoms in total. The lowest BCUT2D eigenvalue weighted by Crippen LogP contribution is -2.07. The van der Waals surface area contributed by atoms with Crippen molar-refractivity contribution in [2.75, 3.05) is 5.32 Å². The number of nitrogens with one attached hydrogen (secondary N) is 1. The molecule has 0 fully saturated rings. The molecule has 0 aliphatic rings. The summed E-state index contributed by atoms with van der Waals surface area (Å²) >= 11 is 1.63. The standard InChI is InChI=1S/C14H14FN3S/c1-8-14(19-10(3)17-8)9(2)18-13-5-4-12(15)6-11(13)7-16/h4-6,9,18H,1-3H3. The van der Waals surface area contributed by atoms with E-state index < -0.39 is 5.82 Å². The first-order valence-corrected chi connectivity index (χ1v) is 6.73. The molecule has 0 radical (unpaired) electrons. The third-order valence-corrected chi connectivity index (χ3v) is 4.06. The zero-order valence-electron chi connectivity index (χ0n) is 11.0. The van der Waals surface area contributed by atoms with E-state index in [0.717, 1.165) is 15.6 Å². The highest BCUT2D eigenvalue weighted by atomic mass is 32.1. The first-order chi connectivity index (χ1) is 9.01. The summed E-state index contributed by atoms with van der Waals surface area (Å²) in [6.07, 6.45) is 0. The van der Waals surface area contributed by atoms with E-state index >= 15 is 0 Å². The Labute approximate surface area is 115 Å². The number of nitriles is 1. The third kappa shape index (κ3) is 2.91. The summed E-state index contributed by atoms with van der Waals surface area (Å²) in [5.74, 6) is -0.403. The van der Waals surface area contributed by atoms with Crippen LogP contribution in [0, 0.1) is 31.0 Å². The van der Waals surface area contributed by atoms with Crippen LogP contribution in [0.2, 0.25) is 0 Å². The second-order valence-corrected chi connectivity index (χ2v) is 5.59. The van der Waals surface area contributed by atoms with Gasteiger partial charge >= 0.3 is 0 Å². The summed E-state index contributed by atoms with van der Waals surface area (Å²) in [5, 5.41) is 13.3. The highest BCUT2D eigenvalue weighted by Gasteiger charge is 2.14. The van der Waals surface area contributed by atoms with Crippen LogP contribution in [0.3, 0.4) is 0 Å². The maximum atomic E-state index is 13.1. The Morgan fingerprint density at radius 3 is 2.74 bits per heavy atom. The lowest BCUT2D eigenvalue weighted by molar-refractivity contribution is 0.627. The second-order valence-electron chi connectivity index (χ2n) is 4.35. The predicted molar refractivity (Wildman–Crippen MR) is 74.7 cm³/mol. The Kier molecular flexibility index (Phi) is 3.82. The van der Waals surface area contributed by atoms with E-state index in [-0.39, 0.29) is 6.04 Å². The molecule has 0 aliphatic carbocycles. The van der Waals surface area contributed by atoms with Gasteiger partial charge in [0.15, 0.2) is 0 Å². The number of thiazole rings is 1. The lowest BCUT2D eigenvalue weighted by Gasteiger charge is -2.15. The third-order valence-electron chi connectivity index (χ3n) is 2.81. The molecule has 0 amide bonds. The van der Waals surface area contributed by atoms with Gasteiger partial charge < -0.3 is 5.32 Å². The van der Waals surface area contributed by atoms with Gasteiger partial charge in [-0.1, -0.05) is 0 Å². The number of aryl methyl sites for hydroxylation is 2. The molecular weight excluding hydrogens is 261 g/mol. The van der Waals surface area contributed by atoms with Crippen molar-refractivity contribution in [3.05, 3.63) is 45.2 Å². The number of hydrogen-bond donors (Lipinski definition) is 1. The number of rotatable bonds is 3. The summed E-state index contributed by atoms with van der Waals surface area (Å²) in [7, 11) is 0. The molecule has 2 rings (SSSR count). The quantitative estimate of drug-likeness (QED) is 0.922. The lowest BCUT2D eigenvalue weighted by atomic mass is 10.1. The van der Waals surface area contributed by atoms with Gasteiger partial charge in [0.1, 0.15) is 11.9 Å². The maximum absolute atomic E-state index is 13.1. The fourth-order valence-electron chi connectivity index (χ4n) is 1.98.